The average Bonchev–Trinajstić information content (AvgIpc) is 2.50. The molecule has 1 aliphatic rings. The normalized spacial score (nSPS) is 17.0. The number of Topliss-reactive ketones (excluding diaryl/α,β-unsaturated/α-hetero) is 1. The molecule has 0 aliphatic carbocycles. The maximum absolute atomic E-state index is 12.6. The maximum Gasteiger partial charge on any atom is 0.164 e. The molecule has 0 saturated heterocycles. The van der Waals surface area contributed by atoms with Gasteiger partial charge in [-0.3, -0.25) is 4.79 Å². The first-order valence-corrected chi connectivity index (χ1v) is 7.54. The average molecular weight is 301 g/mol. The van der Waals surface area contributed by atoms with Gasteiger partial charge in [0.2, 0.25) is 0 Å². The van der Waals surface area contributed by atoms with Crippen molar-refractivity contribution in [3.05, 3.63) is 64.2 Å². The molecule has 0 amide bonds. The maximum atomic E-state index is 12.6. The molecule has 1 unspecified atom stereocenters. The minimum Gasteiger partial charge on any atom is -0.493 e. The van der Waals surface area contributed by atoms with Gasteiger partial charge in [0.15, 0.2) is 5.78 Å². The van der Waals surface area contributed by atoms with Crippen LogP contribution < -0.4 is 4.74 Å². The van der Waals surface area contributed by atoms with E-state index in [0.717, 1.165) is 23.3 Å². The highest BCUT2D eigenvalue weighted by atomic mass is 35.5. The van der Waals surface area contributed by atoms with Crippen LogP contribution in [0.15, 0.2) is 42.5 Å². The van der Waals surface area contributed by atoms with Crippen LogP contribution in [0.2, 0.25) is 5.02 Å². The molecule has 108 valence electrons. The van der Waals surface area contributed by atoms with Gasteiger partial charge in [0.25, 0.3) is 0 Å². The molecule has 1 aliphatic heterocycles. The number of fused-ring (bicyclic) bond motifs is 1. The van der Waals surface area contributed by atoms with E-state index in [1.165, 1.54) is 0 Å². The lowest BCUT2D eigenvalue weighted by atomic mass is 9.87. The summed E-state index contributed by atoms with van der Waals surface area (Å²) >= 11 is 6.26. The topological polar surface area (TPSA) is 26.3 Å². The van der Waals surface area contributed by atoms with Crippen molar-refractivity contribution < 1.29 is 9.53 Å². The Kier molecular flexibility index (Phi) is 3.98. The van der Waals surface area contributed by atoms with Gasteiger partial charge in [0.05, 0.1) is 11.6 Å². The first kappa shape index (κ1) is 14.2. The number of hydrogen-bond donors (Lipinski definition) is 0. The molecule has 0 spiro atoms. The quantitative estimate of drug-likeness (QED) is 0.762. The summed E-state index contributed by atoms with van der Waals surface area (Å²) in [5.74, 6) is 1.21. The van der Waals surface area contributed by atoms with Gasteiger partial charge in [-0.05, 0) is 42.5 Å². The minimum absolute atomic E-state index is 0.102. The number of halogens is 1. The summed E-state index contributed by atoms with van der Waals surface area (Å²) in [5.41, 5.74) is 2.69. The van der Waals surface area contributed by atoms with Gasteiger partial charge < -0.3 is 4.74 Å². The molecule has 3 heteroatoms. The third kappa shape index (κ3) is 2.81. The molecule has 0 aromatic heterocycles. The molecular weight excluding hydrogens is 284 g/mol. The second-order valence-electron chi connectivity index (χ2n) is 5.44. The summed E-state index contributed by atoms with van der Waals surface area (Å²) < 4.78 is 5.65. The number of ether oxygens (including phenoxy) is 1. The van der Waals surface area contributed by atoms with Crippen molar-refractivity contribution in [3.63, 3.8) is 0 Å². The molecule has 0 fully saturated rings. The van der Waals surface area contributed by atoms with Gasteiger partial charge in [-0.2, -0.15) is 0 Å². The van der Waals surface area contributed by atoms with Crippen LogP contribution in [-0.4, -0.2) is 12.4 Å². The van der Waals surface area contributed by atoms with Crippen LogP contribution in [-0.2, 0) is 0 Å². The Hall–Kier alpha value is -1.80. The Morgan fingerprint density at radius 1 is 1.24 bits per heavy atom. The zero-order valence-corrected chi connectivity index (χ0v) is 12.7. The van der Waals surface area contributed by atoms with Crippen LogP contribution in [0.1, 0.15) is 40.2 Å². The number of benzene rings is 2. The lowest BCUT2D eigenvalue weighted by molar-refractivity contribution is 0.0966. The fraction of sp³-hybridized carbons (Fsp3) is 0.278. The van der Waals surface area contributed by atoms with Gasteiger partial charge in [0.1, 0.15) is 5.75 Å². The molecule has 1 atom stereocenters. The number of rotatable bonds is 3. The number of ketones is 1. The Bertz CT molecular complexity index is 679. The smallest absolute Gasteiger partial charge is 0.164 e. The molecule has 2 nitrogen and oxygen atoms in total. The number of carbonyl (C=O) groups is 1. The van der Waals surface area contributed by atoms with Crippen molar-refractivity contribution in [3.8, 4) is 5.75 Å². The van der Waals surface area contributed by atoms with Crippen molar-refractivity contribution in [1.29, 1.82) is 0 Å². The van der Waals surface area contributed by atoms with Crippen LogP contribution in [0.25, 0.3) is 0 Å². The highest BCUT2D eigenvalue weighted by Gasteiger charge is 2.24. The molecule has 0 radical (unpaired) electrons. The van der Waals surface area contributed by atoms with Crippen molar-refractivity contribution in [2.75, 3.05) is 6.61 Å². The number of aryl methyl sites for hydroxylation is 1. The van der Waals surface area contributed by atoms with E-state index in [2.05, 4.69) is 0 Å². The zero-order valence-electron chi connectivity index (χ0n) is 11.9. The van der Waals surface area contributed by atoms with E-state index in [1.54, 1.807) is 0 Å². The third-order valence-electron chi connectivity index (χ3n) is 4.01. The Morgan fingerprint density at radius 3 is 2.90 bits per heavy atom. The van der Waals surface area contributed by atoms with E-state index in [4.69, 9.17) is 16.3 Å². The van der Waals surface area contributed by atoms with Crippen molar-refractivity contribution >= 4 is 17.4 Å². The SMILES string of the molecule is Cc1cccc(C(=O)CC2CCOc3ccccc32)c1Cl. The Balaban J connectivity index is 1.85. The molecule has 0 saturated carbocycles. The molecule has 3 rings (SSSR count). The third-order valence-corrected chi connectivity index (χ3v) is 4.51. The van der Waals surface area contributed by atoms with Crippen molar-refractivity contribution in [2.24, 2.45) is 0 Å². The summed E-state index contributed by atoms with van der Waals surface area (Å²) in [4.78, 5) is 12.6. The Morgan fingerprint density at radius 2 is 2.05 bits per heavy atom. The van der Waals surface area contributed by atoms with Crippen LogP contribution in [0.4, 0.5) is 0 Å². The highest BCUT2D eigenvalue weighted by molar-refractivity contribution is 6.34. The molecule has 0 N–H and O–H groups in total. The van der Waals surface area contributed by atoms with Crippen LogP contribution >= 0.6 is 11.6 Å². The first-order chi connectivity index (χ1) is 10.2. The lowest BCUT2D eigenvalue weighted by Crippen LogP contribution is -2.17. The number of hydrogen-bond acceptors (Lipinski definition) is 2. The van der Waals surface area contributed by atoms with Crippen LogP contribution in [0.5, 0.6) is 5.75 Å². The van der Waals surface area contributed by atoms with E-state index in [0.29, 0.717) is 23.6 Å². The van der Waals surface area contributed by atoms with E-state index >= 15 is 0 Å². The van der Waals surface area contributed by atoms with Crippen molar-refractivity contribution in [2.45, 2.75) is 25.7 Å². The molecule has 21 heavy (non-hydrogen) atoms. The summed E-state index contributed by atoms with van der Waals surface area (Å²) in [6.07, 6.45) is 1.34. The van der Waals surface area contributed by atoms with Crippen molar-refractivity contribution in [1.82, 2.24) is 0 Å². The summed E-state index contributed by atoms with van der Waals surface area (Å²) in [7, 11) is 0. The fourth-order valence-corrected chi connectivity index (χ4v) is 3.06. The van der Waals surface area contributed by atoms with Crippen LogP contribution in [0.3, 0.4) is 0 Å². The largest absolute Gasteiger partial charge is 0.493 e. The standard InChI is InChI=1S/C18H17ClO2/c1-12-5-4-7-15(18(12)19)16(20)11-13-9-10-21-17-8-3-2-6-14(13)17/h2-8,13H,9-11H2,1H3. The van der Waals surface area contributed by atoms with E-state index < -0.39 is 0 Å². The predicted molar refractivity (Wildman–Crippen MR) is 84.4 cm³/mol. The summed E-state index contributed by atoms with van der Waals surface area (Å²) in [6, 6.07) is 13.6. The van der Waals surface area contributed by atoms with Gasteiger partial charge >= 0.3 is 0 Å². The number of carbonyl (C=O) groups excluding carboxylic acids is 1. The Labute approximate surface area is 129 Å². The second kappa shape index (κ2) is 5.90. The zero-order chi connectivity index (χ0) is 14.8. The lowest BCUT2D eigenvalue weighted by Gasteiger charge is -2.25. The second-order valence-corrected chi connectivity index (χ2v) is 5.81. The molecular formula is C18H17ClO2. The number of para-hydroxylation sites is 1. The monoisotopic (exact) mass is 300 g/mol. The molecule has 1 heterocycles. The fourth-order valence-electron chi connectivity index (χ4n) is 2.82. The van der Waals surface area contributed by atoms with E-state index in [-0.39, 0.29) is 11.7 Å². The van der Waals surface area contributed by atoms with Gasteiger partial charge in [-0.1, -0.05) is 41.9 Å². The van der Waals surface area contributed by atoms with Gasteiger partial charge in [-0.15, -0.1) is 0 Å². The summed E-state index contributed by atoms with van der Waals surface area (Å²) in [6.45, 7) is 2.58. The molecule has 0 bridgehead atoms. The van der Waals surface area contributed by atoms with E-state index in [1.807, 2.05) is 49.4 Å². The van der Waals surface area contributed by atoms with Crippen LogP contribution in [0, 0.1) is 6.92 Å². The predicted octanol–water partition coefficient (Wildman–Crippen LogP) is 4.79. The highest BCUT2D eigenvalue weighted by Crippen LogP contribution is 2.36. The van der Waals surface area contributed by atoms with Gasteiger partial charge in [0, 0.05) is 12.0 Å². The molecule has 2 aromatic rings. The molecule has 2 aromatic carbocycles. The summed E-state index contributed by atoms with van der Waals surface area (Å²) in [5, 5.41) is 0.572. The van der Waals surface area contributed by atoms with E-state index in [9.17, 15) is 4.79 Å². The minimum atomic E-state index is 0.102. The first-order valence-electron chi connectivity index (χ1n) is 7.17. The van der Waals surface area contributed by atoms with Gasteiger partial charge in [-0.25, -0.2) is 0 Å².